The van der Waals surface area contributed by atoms with Crippen LogP contribution in [0.2, 0.25) is 5.02 Å². The van der Waals surface area contributed by atoms with E-state index < -0.39 is 10.0 Å². The molecule has 0 amide bonds. The van der Waals surface area contributed by atoms with Crippen molar-refractivity contribution in [2.75, 3.05) is 18.9 Å². The van der Waals surface area contributed by atoms with E-state index in [1.807, 2.05) is 13.8 Å². The topological polar surface area (TPSA) is 92.4 Å². The molecule has 0 aromatic heterocycles. The summed E-state index contributed by atoms with van der Waals surface area (Å²) >= 11 is 9.04. The summed E-state index contributed by atoms with van der Waals surface area (Å²) < 4.78 is 27.6. The highest BCUT2D eigenvalue weighted by Gasteiger charge is 2.24. The van der Waals surface area contributed by atoms with E-state index >= 15 is 0 Å². The molecule has 1 aromatic carbocycles. The number of aliphatic hydroxyl groups is 1. The average molecular weight is 400 g/mol. The van der Waals surface area contributed by atoms with E-state index in [1.165, 1.54) is 12.1 Å². The number of hydrogen-bond donors (Lipinski definition) is 3. The predicted octanol–water partition coefficient (Wildman–Crippen LogP) is 2.76. The van der Waals surface area contributed by atoms with Crippen LogP contribution in [0.5, 0.6) is 0 Å². The van der Waals surface area contributed by atoms with E-state index in [-0.39, 0.29) is 34.2 Å². The third-order valence-electron chi connectivity index (χ3n) is 3.07. The maximum atomic E-state index is 12.4. The summed E-state index contributed by atoms with van der Waals surface area (Å²) in [6.45, 7) is 4.22. The summed E-state index contributed by atoms with van der Waals surface area (Å²) in [5.41, 5.74) is 5.72. The molecule has 0 aliphatic heterocycles. The first-order valence-electron chi connectivity index (χ1n) is 6.44. The van der Waals surface area contributed by atoms with Gasteiger partial charge in [-0.15, -0.1) is 0 Å². The molecule has 1 rings (SSSR count). The summed E-state index contributed by atoms with van der Waals surface area (Å²) in [5, 5.41) is 9.12. The average Bonchev–Trinajstić information content (AvgIpc) is 2.38. The zero-order chi connectivity index (χ0) is 16.3. The smallest absolute Gasteiger partial charge is 0.241 e. The fourth-order valence-corrected chi connectivity index (χ4v) is 4.33. The van der Waals surface area contributed by atoms with Crippen LogP contribution in [-0.4, -0.2) is 26.7 Å². The van der Waals surface area contributed by atoms with Crippen molar-refractivity contribution in [3.05, 3.63) is 21.6 Å². The maximum Gasteiger partial charge on any atom is 0.241 e. The lowest BCUT2D eigenvalue weighted by atomic mass is 9.88. The van der Waals surface area contributed by atoms with Crippen LogP contribution >= 0.6 is 27.5 Å². The zero-order valence-electron chi connectivity index (χ0n) is 12.0. The first-order chi connectivity index (χ1) is 9.59. The lowest BCUT2D eigenvalue weighted by Gasteiger charge is -2.24. The third kappa shape index (κ3) is 5.41. The Morgan fingerprint density at radius 1 is 1.43 bits per heavy atom. The van der Waals surface area contributed by atoms with Crippen LogP contribution in [-0.2, 0) is 10.0 Å². The molecule has 1 aromatic rings. The van der Waals surface area contributed by atoms with Crippen molar-refractivity contribution in [3.8, 4) is 0 Å². The van der Waals surface area contributed by atoms with Crippen molar-refractivity contribution in [1.82, 2.24) is 4.72 Å². The second-order valence-corrected chi connectivity index (χ2v) is 8.59. The van der Waals surface area contributed by atoms with Crippen LogP contribution in [0, 0.1) is 5.41 Å². The van der Waals surface area contributed by atoms with E-state index in [0.717, 1.165) is 0 Å². The van der Waals surface area contributed by atoms with Gasteiger partial charge in [0, 0.05) is 23.9 Å². The Hall–Kier alpha value is -0.340. The van der Waals surface area contributed by atoms with Gasteiger partial charge in [-0.1, -0.05) is 25.4 Å². The van der Waals surface area contributed by atoms with Crippen LogP contribution in [0.3, 0.4) is 0 Å². The lowest BCUT2D eigenvalue weighted by Crippen LogP contribution is -2.34. The molecule has 120 valence electrons. The molecule has 0 aliphatic rings. The second-order valence-electron chi connectivity index (χ2n) is 5.62. The fourth-order valence-electron chi connectivity index (χ4n) is 1.79. The van der Waals surface area contributed by atoms with Gasteiger partial charge in [0.25, 0.3) is 0 Å². The second kappa shape index (κ2) is 7.28. The van der Waals surface area contributed by atoms with E-state index in [4.69, 9.17) is 22.4 Å². The van der Waals surface area contributed by atoms with Gasteiger partial charge < -0.3 is 10.8 Å². The highest BCUT2D eigenvalue weighted by atomic mass is 79.9. The molecule has 0 bridgehead atoms. The summed E-state index contributed by atoms with van der Waals surface area (Å²) in [5.74, 6) is 0. The first-order valence-corrected chi connectivity index (χ1v) is 9.09. The number of nitrogens with two attached hydrogens (primary N) is 1. The minimum atomic E-state index is -3.72. The SMILES string of the molecule is CC(C)(CCCO)CNS(=O)(=O)c1cc(Cl)cc(N)c1Br. The number of rotatable bonds is 7. The normalized spacial score (nSPS) is 12.6. The van der Waals surface area contributed by atoms with E-state index in [1.54, 1.807) is 0 Å². The van der Waals surface area contributed by atoms with Crippen LogP contribution < -0.4 is 10.5 Å². The fraction of sp³-hybridized carbons (Fsp3) is 0.538. The molecule has 8 heteroatoms. The summed E-state index contributed by atoms with van der Waals surface area (Å²) in [7, 11) is -3.72. The number of nitrogens with one attached hydrogen (secondary N) is 1. The molecule has 5 nitrogen and oxygen atoms in total. The zero-order valence-corrected chi connectivity index (χ0v) is 15.1. The minimum absolute atomic E-state index is 0.0189. The Balaban J connectivity index is 2.93. The number of hydrogen-bond acceptors (Lipinski definition) is 4. The molecule has 0 saturated heterocycles. The quantitative estimate of drug-likeness (QED) is 0.615. The molecule has 0 fully saturated rings. The molecule has 0 heterocycles. The standard InChI is InChI=1S/C13H20BrClN2O3S/c1-13(2,4-3-5-18)8-17-21(19,20)11-7-9(15)6-10(16)12(11)14/h6-7,17-18H,3-5,8,16H2,1-2H3. The number of aliphatic hydroxyl groups excluding tert-OH is 1. The van der Waals surface area contributed by atoms with E-state index in [0.29, 0.717) is 17.3 Å². The summed E-state index contributed by atoms with van der Waals surface area (Å²) in [6, 6.07) is 2.83. The van der Waals surface area contributed by atoms with Crippen molar-refractivity contribution >= 4 is 43.2 Å². The van der Waals surface area contributed by atoms with Crippen molar-refractivity contribution in [2.24, 2.45) is 5.41 Å². The van der Waals surface area contributed by atoms with Crippen LogP contribution in [0.15, 0.2) is 21.5 Å². The van der Waals surface area contributed by atoms with Gasteiger partial charge in [-0.05, 0) is 46.3 Å². The third-order valence-corrected chi connectivity index (χ3v) is 5.87. The van der Waals surface area contributed by atoms with Crippen molar-refractivity contribution in [1.29, 1.82) is 0 Å². The number of halogens is 2. The Bertz CT molecular complexity index is 606. The Morgan fingerprint density at radius 3 is 2.62 bits per heavy atom. The van der Waals surface area contributed by atoms with Gasteiger partial charge in [0.2, 0.25) is 10.0 Å². The highest BCUT2D eigenvalue weighted by Crippen LogP contribution is 2.32. The first kappa shape index (κ1) is 18.7. The van der Waals surface area contributed by atoms with Crippen LogP contribution in [0.25, 0.3) is 0 Å². The van der Waals surface area contributed by atoms with Gasteiger partial charge in [-0.25, -0.2) is 13.1 Å². The molecule has 0 saturated carbocycles. The predicted molar refractivity (Wildman–Crippen MR) is 88.9 cm³/mol. The molecule has 0 atom stereocenters. The van der Waals surface area contributed by atoms with Crippen LogP contribution in [0.1, 0.15) is 26.7 Å². The Morgan fingerprint density at radius 2 is 2.05 bits per heavy atom. The van der Waals surface area contributed by atoms with Gasteiger partial charge >= 0.3 is 0 Å². The number of sulfonamides is 1. The molecule has 0 aliphatic carbocycles. The molecular weight excluding hydrogens is 380 g/mol. The van der Waals surface area contributed by atoms with Crippen LogP contribution in [0.4, 0.5) is 5.69 Å². The molecule has 4 N–H and O–H groups in total. The van der Waals surface area contributed by atoms with Crippen molar-refractivity contribution in [3.63, 3.8) is 0 Å². The van der Waals surface area contributed by atoms with Gasteiger partial charge in [0.15, 0.2) is 0 Å². The van der Waals surface area contributed by atoms with Crippen molar-refractivity contribution in [2.45, 2.75) is 31.6 Å². The highest BCUT2D eigenvalue weighted by molar-refractivity contribution is 9.10. The number of anilines is 1. The molecule has 21 heavy (non-hydrogen) atoms. The Labute approximate surface area is 139 Å². The monoisotopic (exact) mass is 398 g/mol. The maximum absolute atomic E-state index is 12.4. The van der Waals surface area contributed by atoms with Gasteiger partial charge in [0.05, 0.1) is 9.37 Å². The van der Waals surface area contributed by atoms with E-state index in [9.17, 15) is 8.42 Å². The Kier molecular flexibility index (Phi) is 6.49. The van der Waals surface area contributed by atoms with Crippen molar-refractivity contribution < 1.29 is 13.5 Å². The summed E-state index contributed by atoms with van der Waals surface area (Å²) in [6.07, 6.45) is 1.34. The van der Waals surface area contributed by atoms with E-state index in [2.05, 4.69) is 20.7 Å². The lowest BCUT2D eigenvalue weighted by molar-refractivity contribution is 0.242. The number of nitrogen functional groups attached to an aromatic ring is 1. The minimum Gasteiger partial charge on any atom is -0.398 e. The molecule has 0 spiro atoms. The van der Waals surface area contributed by atoms with Gasteiger partial charge in [-0.3, -0.25) is 0 Å². The molecular formula is C13H20BrClN2O3S. The largest absolute Gasteiger partial charge is 0.398 e. The van der Waals surface area contributed by atoms with Gasteiger partial charge in [-0.2, -0.15) is 0 Å². The van der Waals surface area contributed by atoms with Gasteiger partial charge in [0.1, 0.15) is 0 Å². The summed E-state index contributed by atoms with van der Waals surface area (Å²) in [4.78, 5) is 0.0189. The molecule has 0 unspecified atom stereocenters. The number of benzene rings is 1. The molecule has 0 radical (unpaired) electrons.